The predicted molar refractivity (Wildman–Crippen MR) is 37.8 cm³/mol. The maximum absolute atomic E-state index is 7.14. The summed E-state index contributed by atoms with van der Waals surface area (Å²) in [6, 6.07) is 0. The van der Waals surface area contributed by atoms with Crippen LogP contribution in [0.1, 0.15) is 0 Å². The predicted octanol–water partition coefficient (Wildman–Crippen LogP) is -3.06. The summed E-state index contributed by atoms with van der Waals surface area (Å²) in [5.74, 6) is 0. The van der Waals surface area contributed by atoms with E-state index in [-0.39, 0.29) is 0 Å². The average Bonchev–Trinajstić information content (AvgIpc) is 2.57. The van der Waals surface area contributed by atoms with Gasteiger partial charge in [0.2, 0.25) is 0 Å². The van der Waals surface area contributed by atoms with Crippen molar-refractivity contribution in [1.29, 1.82) is 0 Å². The fourth-order valence-corrected chi connectivity index (χ4v) is 0.722. The number of hydrogen-bond acceptors (Lipinski definition) is 3. The summed E-state index contributed by atoms with van der Waals surface area (Å²) in [5, 5.41) is 0. The van der Waals surface area contributed by atoms with Crippen molar-refractivity contribution in [1.82, 2.24) is 0 Å². The maximum Gasteiger partial charge on any atom is 0.146 e. The molecule has 0 amide bonds. The van der Waals surface area contributed by atoms with Crippen molar-refractivity contribution in [3.05, 3.63) is 0 Å². The fraction of sp³-hybridized carbons (Fsp3) is 1.00. The largest absolute Gasteiger partial charge is 0.442 e. The molecule has 0 saturated carbocycles. The van der Waals surface area contributed by atoms with Gasteiger partial charge in [0.25, 0.3) is 0 Å². The Kier molecular flexibility index (Phi) is 5.66. The lowest BCUT2D eigenvalue weighted by atomic mass is 10.5. The topological polar surface area (TPSA) is 42.0 Å². The highest BCUT2D eigenvalue weighted by atomic mass is 28.2. The SMILES string of the molecule is O[SiH3].[SiH3]OCC1CO1. The second-order valence-electron chi connectivity index (χ2n) is 1.41. The van der Waals surface area contributed by atoms with E-state index in [4.69, 9.17) is 14.0 Å². The van der Waals surface area contributed by atoms with Crippen molar-refractivity contribution in [2.45, 2.75) is 6.10 Å². The lowest BCUT2D eigenvalue weighted by Crippen LogP contribution is -1.96. The second-order valence-corrected chi connectivity index (χ2v) is 1.99. The van der Waals surface area contributed by atoms with E-state index in [0.29, 0.717) is 16.6 Å². The fourth-order valence-electron chi connectivity index (χ4n) is 0.350. The van der Waals surface area contributed by atoms with Crippen LogP contribution in [0.25, 0.3) is 0 Å². The molecule has 1 N–H and O–H groups in total. The highest BCUT2D eigenvalue weighted by molar-refractivity contribution is 5.97. The van der Waals surface area contributed by atoms with E-state index in [1.165, 1.54) is 0 Å². The molecule has 1 heterocycles. The molecule has 0 spiro atoms. The van der Waals surface area contributed by atoms with Crippen LogP contribution in [-0.2, 0) is 9.16 Å². The van der Waals surface area contributed by atoms with Crippen LogP contribution in [0.3, 0.4) is 0 Å². The molecule has 0 aromatic rings. The number of epoxide rings is 1. The molecule has 1 rings (SSSR count). The molecular formula is C3H12O3Si2. The molecule has 0 aliphatic carbocycles. The molecule has 3 nitrogen and oxygen atoms in total. The Hall–Kier alpha value is 0.314. The molecule has 1 aliphatic rings. The Morgan fingerprint density at radius 3 is 2.38 bits per heavy atom. The van der Waals surface area contributed by atoms with Gasteiger partial charge in [0.15, 0.2) is 0 Å². The van der Waals surface area contributed by atoms with Crippen LogP contribution in [0, 0.1) is 0 Å². The van der Waals surface area contributed by atoms with Gasteiger partial charge in [-0.15, -0.1) is 0 Å². The minimum atomic E-state index is 0.306. The van der Waals surface area contributed by atoms with E-state index in [1.54, 1.807) is 0 Å². The van der Waals surface area contributed by atoms with E-state index in [2.05, 4.69) is 0 Å². The van der Waals surface area contributed by atoms with Crippen LogP contribution in [0.2, 0.25) is 0 Å². The standard InChI is InChI=1S/C3H8O2Si.H4OSi/c6-5-2-3-1-4-3;1-2/h3H,1-2H2,6H3;1H,2H3. The number of rotatable bonds is 2. The van der Waals surface area contributed by atoms with Gasteiger partial charge in [-0.2, -0.15) is 0 Å². The Bertz CT molecular complexity index is 47.8. The lowest BCUT2D eigenvalue weighted by molar-refractivity contribution is 0.281. The molecule has 1 aliphatic heterocycles. The van der Waals surface area contributed by atoms with E-state index in [9.17, 15) is 0 Å². The summed E-state index contributed by atoms with van der Waals surface area (Å²) >= 11 is 0. The highest BCUT2D eigenvalue weighted by Crippen LogP contribution is 2.06. The first kappa shape index (κ1) is 8.31. The molecule has 0 aromatic carbocycles. The van der Waals surface area contributed by atoms with E-state index in [1.807, 2.05) is 0 Å². The Labute approximate surface area is 55.1 Å². The lowest BCUT2D eigenvalue weighted by Gasteiger charge is -1.85. The molecule has 50 valence electrons. The van der Waals surface area contributed by atoms with Crippen LogP contribution in [0.4, 0.5) is 0 Å². The monoisotopic (exact) mass is 152 g/mol. The molecule has 8 heavy (non-hydrogen) atoms. The summed E-state index contributed by atoms with van der Waals surface area (Å²) < 4.78 is 9.73. The zero-order valence-electron chi connectivity index (χ0n) is 5.26. The zero-order valence-corrected chi connectivity index (χ0v) is 9.26. The Morgan fingerprint density at radius 2 is 2.25 bits per heavy atom. The molecular weight excluding hydrogens is 140 g/mol. The molecule has 1 saturated heterocycles. The minimum Gasteiger partial charge on any atom is -0.442 e. The molecule has 1 atom stereocenters. The third kappa shape index (κ3) is 4.47. The van der Waals surface area contributed by atoms with Gasteiger partial charge in [0.1, 0.15) is 27.1 Å². The molecule has 0 radical (unpaired) electrons. The number of ether oxygens (including phenoxy) is 1. The van der Waals surface area contributed by atoms with Gasteiger partial charge in [0, 0.05) is 0 Å². The summed E-state index contributed by atoms with van der Waals surface area (Å²) in [7, 11) is 1.15. The summed E-state index contributed by atoms with van der Waals surface area (Å²) in [4.78, 5) is 7.14. The van der Waals surface area contributed by atoms with Crippen LogP contribution < -0.4 is 0 Å². The van der Waals surface area contributed by atoms with Gasteiger partial charge in [-0.1, -0.05) is 0 Å². The van der Waals surface area contributed by atoms with Gasteiger partial charge in [0.05, 0.1) is 13.2 Å². The first-order chi connectivity index (χ1) is 3.93. The summed E-state index contributed by atoms with van der Waals surface area (Å²) in [5.41, 5.74) is 0. The quantitative estimate of drug-likeness (QED) is 0.337. The molecule has 5 heteroatoms. The maximum atomic E-state index is 7.14. The van der Waals surface area contributed by atoms with Crippen LogP contribution >= 0.6 is 0 Å². The van der Waals surface area contributed by atoms with E-state index in [0.717, 1.165) is 23.7 Å². The molecule has 1 fully saturated rings. The van der Waals surface area contributed by atoms with Crippen LogP contribution in [0.5, 0.6) is 0 Å². The van der Waals surface area contributed by atoms with Crippen LogP contribution in [0.15, 0.2) is 0 Å². The molecule has 0 aromatic heterocycles. The van der Waals surface area contributed by atoms with Gasteiger partial charge in [-0.05, 0) is 0 Å². The van der Waals surface area contributed by atoms with Crippen molar-refractivity contribution < 1.29 is 14.0 Å². The van der Waals surface area contributed by atoms with Crippen molar-refractivity contribution in [2.24, 2.45) is 0 Å². The average molecular weight is 152 g/mol. The highest BCUT2D eigenvalue weighted by Gasteiger charge is 2.20. The third-order valence-corrected chi connectivity index (χ3v) is 1.09. The van der Waals surface area contributed by atoms with Gasteiger partial charge in [-0.25, -0.2) is 0 Å². The van der Waals surface area contributed by atoms with Crippen molar-refractivity contribution in [3.8, 4) is 0 Å². The number of hydrogen-bond donors (Lipinski definition) is 1. The van der Waals surface area contributed by atoms with Crippen molar-refractivity contribution in [2.75, 3.05) is 13.2 Å². The first-order valence-corrected chi connectivity index (χ1v) is 4.20. The first-order valence-electron chi connectivity index (χ1n) is 2.49. The van der Waals surface area contributed by atoms with Gasteiger partial charge < -0.3 is 14.0 Å². The van der Waals surface area contributed by atoms with Gasteiger partial charge in [-0.3, -0.25) is 0 Å². The zero-order chi connectivity index (χ0) is 6.41. The van der Waals surface area contributed by atoms with E-state index < -0.39 is 0 Å². The second kappa shape index (κ2) is 5.45. The minimum absolute atomic E-state index is 0.306. The normalized spacial score (nSPS) is 24.4. The Morgan fingerprint density at radius 1 is 1.75 bits per heavy atom. The molecule has 1 unspecified atom stereocenters. The summed E-state index contributed by atoms with van der Waals surface area (Å²) in [6.45, 7) is 1.74. The van der Waals surface area contributed by atoms with Crippen molar-refractivity contribution >= 4 is 21.0 Å². The van der Waals surface area contributed by atoms with Crippen molar-refractivity contribution in [3.63, 3.8) is 0 Å². The third-order valence-electron chi connectivity index (χ3n) is 0.755. The Balaban J connectivity index is 0.000000222. The van der Waals surface area contributed by atoms with Crippen LogP contribution in [-0.4, -0.2) is 45.1 Å². The smallest absolute Gasteiger partial charge is 0.146 e. The van der Waals surface area contributed by atoms with Gasteiger partial charge >= 0.3 is 0 Å². The van der Waals surface area contributed by atoms with E-state index >= 15 is 0 Å². The summed E-state index contributed by atoms with van der Waals surface area (Å²) in [6.07, 6.45) is 0.461. The molecule has 0 bridgehead atoms.